The van der Waals surface area contributed by atoms with Gasteiger partial charge < -0.3 is 10.6 Å². The number of rotatable bonds is 5. The first-order chi connectivity index (χ1) is 9.94. The van der Waals surface area contributed by atoms with Crippen LogP contribution >= 0.6 is 15.9 Å². The molecule has 1 heterocycles. The predicted octanol–water partition coefficient (Wildman–Crippen LogP) is 1.23. The molecule has 0 aliphatic carbocycles. The highest BCUT2D eigenvalue weighted by molar-refractivity contribution is 9.10. The SMILES string of the molecule is O=C(CS(=O)(=O)Cc1ccc(Br)cc1)NC1CCNCC1. The first kappa shape index (κ1) is 16.5. The highest BCUT2D eigenvalue weighted by Crippen LogP contribution is 2.13. The number of carbonyl (C=O) groups is 1. The zero-order chi connectivity index (χ0) is 15.3. The second-order valence-corrected chi connectivity index (χ2v) is 8.23. The van der Waals surface area contributed by atoms with Crippen LogP contribution in [0.2, 0.25) is 0 Å². The normalized spacial score (nSPS) is 16.6. The molecule has 5 nitrogen and oxygen atoms in total. The number of nitrogens with one attached hydrogen (secondary N) is 2. The Balaban J connectivity index is 1.87. The Morgan fingerprint density at radius 3 is 2.48 bits per heavy atom. The number of benzene rings is 1. The Bertz CT molecular complexity index is 581. The standard InChI is InChI=1S/C14H19BrN2O3S/c15-12-3-1-11(2-4-12)9-21(19,20)10-14(18)17-13-5-7-16-8-6-13/h1-4,13,16H,5-10H2,(H,17,18). The molecule has 0 spiro atoms. The van der Waals surface area contributed by atoms with Crippen LogP contribution in [0.15, 0.2) is 28.7 Å². The maximum absolute atomic E-state index is 12.1. The van der Waals surface area contributed by atoms with E-state index in [9.17, 15) is 13.2 Å². The largest absolute Gasteiger partial charge is 0.352 e. The lowest BCUT2D eigenvalue weighted by Gasteiger charge is -2.23. The molecule has 116 valence electrons. The van der Waals surface area contributed by atoms with Crippen molar-refractivity contribution in [2.75, 3.05) is 18.8 Å². The van der Waals surface area contributed by atoms with E-state index in [0.29, 0.717) is 5.56 Å². The molecule has 1 fully saturated rings. The molecule has 1 aromatic rings. The Kier molecular flexibility index (Phi) is 5.78. The minimum atomic E-state index is -3.44. The number of sulfone groups is 1. The Morgan fingerprint density at radius 1 is 1.24 bits per heavy atom. The Labute approximate surface area is 133 Å². The molecule has 21 heavy (non-hydrogen) atoms. The van der Waals surface area contributed by atoms with Gasteiger partial charge in [-0.3, -0.25) is 4.79 Å². The van der Waals surface area contributed by atoms with Crippen molar-refractivity contribution in [1.29, 1.82) is 0 Å². The maximum atomic E-state index is 12.1. The van der Waals surface area contributed by atoms with E-state index in [1.807, 2.05) is 0 Å². The summed E-state index contributed by atoms with van der Waals surface area (Å²) in [4.78, 5) is 11.9. The summed E-state index contributed by atoms with van der Waals surface area (Å²) >= 11 is 3.30. The second kappa shape index (κ2) is 7.38. The van der Waals surface area contributed by atoms with Gasteiger partial charge in [-0.2, -0.15) is 0 Å². The molecule has 0 unspecified atom stereocenters. The van der Waals surface area contributed by atoms with Crippen molar-refractivity contribution >= 4 is 31.7 Å². The molecular weight excluding hydrogens is 356 g/mol. The van der Waals surface area contributed by atoms with Crippen LogP contribution in [-0.2, 0) is 20.4 Å². The van der Waals surface area contributed by atoms with Crippen LogP contribution in [0.4, 0.5) is 0 Å². The molecule has 1 aliphatic heterocycles. The van der Waals surface area contributed by atoms with Crippen LogP contribution in [0.1, 0.15) is 18.4 Å². The molecule has 0 saturated carbocycles. The summed E-state index contributed by atoms with van der Waals surface area (Å²) in [5.74, 6) is -0.966. The van der Waals surface area contributed by atoms with Crippen molar-refractivity contribution in [3.63, 3.8) is 0 Å². The third-order valence-corrected chi connectivity index (χ3v) is 5.36. The van der Waals surface area contributed by atoms with Gasteiger partial charge in [0.05, 0.1) is 5.75 Å². The number of halogens is 1. The predicted molar refractivity (Wildman–Crippen MR) is 85.7 cm³/mol. The van der Waals surface area contributed by atoms with Gasteiger partial charge in [0.15, 0.2) is 9.84 Å². The summed E-state index contributed by atoms with van der Waals surface area (Å²) in [6.45, 7) is 1.72. The molecule has 1 saturated heterocycles. The van der Waals surface area contributed by atoms with Crippen LogP contribution in [0.3, 0.4) is 0 Å². The van der Waals surface area contributed by atoms with Crippen molar-refractivity contribution < 1.29 is 13.2 Å². The van der Waals surface area contributed by atoms with Gasteiger partial charge in [-0.05, 0) is 43.6 Å². The lowest BCUT2D eigenvalue weighted by atomic mass is 10.1. The maximum Gasteiger partial charge on any atom is 0.235 e. The van der Waals surface area contributed by atoms with Crippen molar-refractivity contribution in [3.8, 4) is 0 Å². The smallest absolute Gasteiger partial charge is 0.235 e. The van der Waals surface area contributed by atoms with Crippen LogP contribution < -0.4 is 10.6 Å². The van der Waals surface area contributed by atoms with Gasteiger partial charge in [0, 0.05) is 10.5 Å². The molecule has 1 amide bonds. The van der Waals surface area contributed by atoms with E-state index in [-0.39, 0.29) is 11.8 Å². The first-order valence-electron chi connectivity index (χ1n) is 6.89. The highest BCUT2D eigenvalue weighted by Gasteiger charge is 2.21. The molecule has 0 aromatic heterocycles. The minimum absolute atomic E-state index is 0.0848. The number of piperidine rings is 1. The fourth-order valence-electron chi connectivity index (χ4n) is 2.32. The number of amides is 1. The van der Waals surface area contributed by atoms with E-state index in [2.05, 4.69) is 26.6 Å². The van der Waals surface area contributed by atoms with Gasteiger partial charge >= 0.3 is 0 Å². The topological polar surface area (TPSA) is 75.3 Å². The third-order valence-electron chi connectivity index (χ3n) is 3.36. The number of carbonyl (C=O) groups excluding carboxylic acids is 1. The van der Waals surface area contributed by atoms with Crippen LogP contribution in [-0.4, -0.2) is 39.2 Å². The summed E-state index contributed by atoms with van der Waals surface area (Å²) in [5, 5.41) is 6.00. The summed E-state index contributed by atoms with van der Waals surface area (Å²) in [6.07, 6.45) is 1.69. The molecule has 1 aromatic carbocycles. The summed E-state index contributed by atoms with van der Waals surface area (Å²) in [6, 6.07) is 7.15. The summed E-state index contributed by atoms with van der Waals surface area (Å²) in [5.41, 5.74) is 0.688. The molecular formula is C14H19BrN2O3S. The monoisotopic (exact) mass is 374 g/mol. The van der Waals surface area contributed by atoms with Crippen LogP contribution in [0.25, 0.3) is 0 Å². The van der Waals surface area contributed by atoms with Gasteiger partial charge in [0.25, 0.3) is 0 Å². The molecule has 7 heteroatoms. The summed E-state index contributed by atoms with van der Waals surface area (Å²) in [7, 11) is -3.44. The van der Waals surface area contributed by atoms with Gasteiger partial charge in [0.1, 0.15) is 5.75 Å². The van der Waals surface area contributed by atoms with Crippen molar-refractivity contribution in [3.05, 3.63) is 34.3 Å². The van der Waals surface area contributed by atoms with E-state index in [4.69, 9.17) is 0 Å². The second-order valence-electron chi connectivity index (χ2n) is 5.25. The van der Waals surface area contributed by atoms with E-state index < -0.39 is 21.5 Å². The quantitative estimate of drug-likeness (QED) is 0.812. The van der Waals surface area contributed by atoms with Crippen molar-refractivity contribution in [2.45, 2.75) is 24.6 Å². The lowest BCUT2D eigenvalue weighted by Crippen LogP contribution is -2.44. The number of hydrogen-bond donors (Lipinski definition) is 2. The fraction of sp³-hybridized carbons (Fsp3) is 0.500. The number of hydrogen-bond acceptors (Lipinski definition) is 4. The zero-order valence-corrected chi connectivity index (χ0v) is 14.0. The van der Waals surface area contributed by atoms with E-state index in [1.54, 1.807) is 24.3 Å². The minimum Gasteiger partial charge on any atom is -0.352 e. The van der Waals surface area contributed by atoms with Gasteiger partial charge in [-0.1, -0.05) is 28.1 Å². The zero-order valence-electron chi connectivity index (χ0n) is 11.6. The Hall–Kier alpha value is -0.920. The lowest BCUT2D eigenvalue weighted by molar-refractivity contribution is -0.119. The van der Waals surface area contributed by atoms with Gasteiger partial charge in [0.2, 0.25) is 5.91 Å². The van der Waals surface area contributed by atoms with E-state index in [0.717, 1.165) is 30.4 Å². The molecule has 0 atom stereocenters. The molecule has 0 radical (unpaired) electrons. The fourth-order valence-corrected chi connectivity index (χ4v) is 3.87. The van der Waals surface area contributed by atoms with Crippen LogP contribution in [0, 0.1) is 0 Å². The van der Waals surface area contributed by atoms with E-state index >= 15 is 0 Å². The third kappa shape index (κ3) is 5.76. The molecule has 0 bridgehead atoms. The molecule has 1 aliphatic rings. The van der Waals surface area contributed by atoms with Gasteiger partial charge in [-0.15, -0.1) is 0 Å². The van der Waals surface area contributed by atoms with Crippen LogP contribution in [0.5, 0.6) is 0 Å². The summed E-state index contributed by atoms with van der Waals surface area (Å²) < 4.78 is 25.0. The average molecular weight is 375 g/mol. The van der Waals surface area contributed by atoms with Crippen molar-refractivity contribution in [2.24, 2.45) is 0 Å². The molecule has 2 rings (SSSR count). The average Bonchev–Trinajstić information content (AvgIpc) is 2.41. The molecule has 2 N–H and O–H groups in total. The van der Waals surface area contributed by atoms with Gasteiger partial charge in [-0.25, -0.2) is 8.42 Å². The van der Waals surface area contributed by atoms with Crippen molar-refractivity contribution in [1.82, 2.24) is 10.6 Å². The highest BCUT2D eigenvalue weighted by atomic mass is 79.9. The van der Waals surface area contributed by atoms with E-state index in [1.165, 1.54) is 0 Å². The first-order valence-corrected chi connectivity index (χ1v) is 9.51. The Morgan fingerprint density at radius 2 is 1.86 bits per heavy atom.